The van der Waals surface area contributed by atoms with E-state index in [1.165, 1.54) is 11.1 Å². The molecule has 0 bridgehead atoms. The van der Waals surface area contributed by atoms with Gasteiger partial charge in [0.1, 0.15) is 0 Å². The first-order chi connectivity index (χ1) is 8.72. The van der Waals surface area contributed by atoms with Crippen LogP contribution in [0.25, 0.3) is 0 Å². The molecule has 0 aliphatic carbocycles. The molecule has 0 aliphatic rings. The van der Waals surface area contributed by atoms with Crippen LogP contribution in [0.2, 0.25) is 0 Å². The highest BCUT2D eigenvalue weighted by Gasteiger charge is 2.07. The summed E-state index contributed by atoms with van der Waals surface area (Å²) in [5.74, 6) is 1.54. The maximum absolute atomic E-state index is 8.68. The molecule has 1 aromatic rings. The lowest BCUT2D eigenvalue weighted by molar-refractivity contribution is 0.286. The molecule has 4 nitrogen and oxygen atoms in total. The quantitative estimate of drug-likeness (QED) is 0.690. The van der Waals surface area contributed by atoms with Crippen LogP contribution in [0.5, 0.6) is 11.5 Å². The van der Waals surface area contributed by atoms with E-state index in [9.17, 15) is 0 Å². The van der Waals surface area contributed by atoms with E-state index < -0.39 is 0 Å². The van der Waals surface area contributed by atoms with Crippen molar-refractivity contribution in [3.8, 4) is 11.5 Å². The maximum Gasteiger partial charge on any atom is 0.161 e. The predicted molar refractivity (Wildman–Crippen MR) is 72.6 cm³/mol. The summed E-state index contributed by atoms with van der Waals surface area (Å²) >= 11 is 0. The van der Waals surface area contributed by atoms with Crippen LogP contribution in [-0.2, 0) is 6.42 Å². The first-order valence-electron chi connectivity index (χ1n) is 6.26. The molecule has 0 heterocycles. The van der Waals surface area contributed by atoms with E-state index in [-0.39, 0.29) is 6.61 Å². The first kappa shape index (κ1) is 14.8. The zero-order valence-electron chi connectivity index (χ0n) is 11.5. The number of aliphatic hydroxyl groups excluding tert-OH is 1. The van der Waals surface area contributed by atoms with Gasteiger partial charge in [-0.2, -0.15) is 0 Å². The van der Waals surface area contributed by atoms with Crippen molar-refractivity contribution >= 4 is 0 Å². The summed E-state index contributed by atoms with van der Waals surface area (Å²) in [5.41, 5.74) is 2.46. The van der Waals surface area contributed by atoms with E-state index in [2.05, 4.69) is 12.2 Å². The van der Waals surface area contributed by atoms with Crippen molar-refractivity contribution in [3.05, 3.63) is 23.3 Å². The standard InChI is InChI=1S/C14H23NO3/c1-11-9-13(17-2)14(18-3)10-12(11)5-7-15-6-4-8-16/h9-10,15-16H,4-8H2,1-3H3. The second-order valence-corrected chi connectivity index (χ2v) is 4.21. The van der Waals surface area contributed by atoms with Gasteiger partial charge in [-0.05, 0) is 56.1 Å². The minimum Gasteiger partial charge on any atom is -0.493 e. The topological polar surface area (TPSA) is 50.7 Å². The Labute approximate surface area is 109 Å². The molecule has 0 radical (unpaired) electrons. The fraction of sp³-hybridized carbons (Fsp3) is 0.571. The Morgan fingerprint density at radius 3 is 2.39 bits per heavy atom. The van der Waals surface area contributed by atoms with Gasteiger partial charge in [-0.1, -0.05) is 0 Å². The largest absolute Gasteiger partial charge is 0.493 e. The van der Waals surface area contributed by atoms with Crippen LogP contribution < -0.4 is 14.8 Å². The second kappa shape index (κ2) is 7.95. The van der Waals surface area contributed by atoms with Gasteiger partial charge >= 0.3 is 0 Å². The molecule has 102 valence electrons. The highest BCUT2D eigenvalue weighted by atomic mass is 16.5. The summed E-state index contributed by atoms with van der Waals surface area (Å²) in [5, 5.41) is 12.0. The number of rotatable bonds is 8. The molecular weight excluding hydrogens is 230 g/mol. The summed E-state index contributed by atoms with van der Waals surface area (Å²) in [7, 11) is 3.30. The number of benzene rings is 1. The highest BCUT2D eigenvalue weighted by molar-refractivity contribution is 5.47. The molecule has 0 spiro atoms. The fourth-order valence-corrected chi connectivity index (χ4v) is 1.84. The fourth-order valence-electron chi connectivity index (χ4n) is 1.84. The van der Waals surface area contributed by atoms with E-state index in [0.717, 1.165) is 37.4 Å². The number of nitrogens with one attached hydrogen (secondary N) is 1. The van der Waals surface area contributed by atoms with Crippen molar-refractivity contribution in [3.63, 3.8) is 0 Å². The van der Waals surface area contributed by atoms with Gasteiger partial charge in [-0.25, -0.2) is 0 Å². The van der Waals surface area contributed by atoms with Gasteiger partial charge in [0.2, 0.25) is 0 Å². The summed E-state index contributed by atoms with van der Waals surface area (Å²) in [6.45, 7) is 4.06. The smallest absolute Gasteiger partial charge is 0.161 e. The second-order valence-electron chi connectivity index (χ2n) is 4.21. The van der Waals surface area contributed by atoms with Crippen LogP contribution in [0.15, 0.2) is 12.1 Å². The van der Waals surface area contributed by atoms with E-state index in [1.807, 2.05) is 12.1 Å². The monoisotopic (exact) mass is 253 g/mol. The minimum atomic E-state index is 0.238. The summed E-state index contributed by atoms with van der Waals surface area (Å²) in [4.78, 5) is 0. The maximum atomic E-state index is 8.68. The Balaban J connectivity index is 2.59. The zero-order valence-corrected chi connectivity index (χ0v) is 11.5. The van der Waals surface area contributed by atoms with Crippen molar-refractivity contribution < 1.29 is 14.6 Å². The van der Waals surface area contributed by atoms with Gasteiger partial charge in [0, 0.05) is 6.61 Å². The highest BCUT2D eigenvalue weighted by Crippen LogP contribution is 2.30. The van der Waals surface area contributed by atoms with Crippen molar-refractivity contribution in [2.45, 2.75) is 19.8 Å². The van der Waals surface area contributed by atoms with Crippen LogP contribution in [0.4, 0.5) is 0 Å². The SMILES string of the molecule is COc1cc(C)c(CCNCCCO)cc1OC. The van der Waals surface area contributed by atoms with E-state index >= 15 is 0 Å². The first-order valence-corrected chi connectivity index (χ1v) is 6.26. The molecule has 0 atom stereocenters. The zero-order chi connectivity index (χ0) is 13.4. The number of methoxy groups -OCH3 is 2. The van der Waals surface area contributed by atoms with Crippen LogP contribution >= 0.6 is 0 Å². The summed E-state index contributed by atoms with van der Waals surface area (Å²) < 4.78 is 10.6. The van der Waals surface area contributed by atoms with Crippen molar-refractivity contribution in [1.82, 2.24) is 5.32 Å². The summed E-state index contributed by atoms with van der Waals surface area (Å²) in [6, 6.07) is 4.03. The molecule has 2 N–H and O–H groups in total. The molecular formula is C14H23NO3. The third-order valence-electron chi connectivity index (χ3n) is 2.92. The van der Waals surface area contributed by atoms with Crippen LogP contribution in [-0.4, -0.2) is 39.0 Å². The van der Waals surface area contributed by atoms with Gasteiger partial charge in [-0.15, -0.1) is 0 Å². The molecule has 4 heteroatoms. The molecule has 0 aromatic heterocycles. The number of aryl methyl sites for hydroxylation is 1. The van der Waals surface area contributed by atoms with Crippen molar-refractivity contribution in [2.24, 2.45) is 0 Å². The van der Waals surface area contributed by atoms with Gasteiger partial charge in [-0.3, -0.25) is 0 Å². The van der Waals surface area contributed by atoms with Gasteiger partial charge in [0.05, 0.1) is 14.2 Å². The molecule has 0 unspecified atom stereocenters. The Hall–Kier alpha value is -1.26. The van der Waals surface area contributed by atoms with Crippen molar-refractivity contribution in [1.29, 1.82) is 0 Å². The van der Waals surface area contributed by atoms with Gasteiger partial charge in [0.15, 0.2) is 11.5 Å². The van der Waals surface area contributed by atoms with Crippen LogP contribution in [0.1, 0.15) is 17.5 Å². The molecule has 0 saturated heterocycles. The average molecular weight is 253 g/mol. The van der Waals surface area contributed by atoms with Gasteiger partial charge in [0.25, 0.3) is 0 Å². The molecule has 0 fully saturated rings. The molecule has 18 heavy (non-hydrogen) atoms. The van der Waals surface area contributed by atoms with E-state index in [4.69, 9.17) is 14.6 Å². The molecule has 0 amide bonds. The molecule has 0 saturated carbocycles. The molecule has 1 aromatic carbocycles. The van der Waals surface area contributed by atoms with Crippen molar-refractivity contribution in [2.75, 3.05) is 33.9 Å². The Bertz CT molecular complexity index is 366. The lowest BCUT2D eigenvalue weighted by Crippen LogP contribution is -2.19. The Morgan fingerprint density at radius 2 is 1.78 bits per heavy atom. The lowest BCUT2D eigenvalue weighted by atomic mass is 10.0. The van der Waals surface area contributed by atoms with Gasteiger partial charge < -0.3 is 19.9 Å². The third-order valence-corrected chi connectivity index (χ3v) is 2.92. The van der Waals surface area contributed by atoms with Crippen LogP contribution in [0.3, 0.4) is 0 Å². The molecule has 0 aliphatic heterocycles. The number of hydrogen-bond acceptors (Lipinski definition) is 4. The summed E-state index contributed by atoms with van der Waals surface area (Å²) in [6.07, 6.45) is 1.74. The number of ether oxygens (including phenoxy) is 2. The number of aliphatic hydroxyl groups is 1. The Morgan fingerprint density at radius 1 is 1.11 bits per heavy atom. The molecule has 1 rings (SSSR count). The lowest BCUT2D eigenvalue weighted by Gasteiger charge is -2.13. The number of hydrogen-bond donors (Lipinski definition) is 2. The third kappa shape index (κ3) is 4.20. The van der Waals surface area contributed by atoms with E-state index in [0.29, 0.717) is 0 Å². The minimum absolute atomic E-state index is 0.238. The average Bonchev–Trinajstić information content (AvgIpc) is 2.39. The predicted octanol–water partition coefficient (Wildman–Crippen LogP) is 1.53. The normalized spacial score (nSPS) is 10.4. The Kier molecular flexibility index (Phi) is 6.54. The van der Waals surface area contributed by atoms with E-state index in [1.54, 1.807) is 14.2 Å². The van der Waals surface area contributed by atoms with Crippen LogP contribution in [0, 0.1) is 6.92 Å².